The molecule has 1 aromatic rings. The van der Waals surface area contributed by atoms with Gasteiger partial charge in [0, 0.05) is 24.7 Å². The van der Waals surface area contributed by atoms with E-state index in [0.717, 1.165) is 6.42 Å². The van der Waals surface area contributed by atoms with E-state index in [0.29, 0.717) is 31.5 Å². The number of carbonyl (C=O) groups is 1. The van der Waals surface area contributed by atoms with Gasteiger partial charge in [0.25, 0.3) is 0 Å². The molecule has 0 saturated carbocycles. The summed E-state index contributed by atoms with van der Waals surface area (Å²) in [7, 11) is 0. The highest BCUT2D eigenvalue weighted by Crippen LogP contribution is 2.21. The molecular formula is C16H20FNO2. The molecule has 20 heavy (non-hydrogen) atoms. The summed E-state index contributed by atoms with van der Waals surface area (Å²) in [5.41, 5.74) is -0.285. The van der Waals surface area contributed by atoms with Crippen LogP contribution in [-0.2, 0) is 4.79 Å². The smallest absolute Gasteiger partial charge is 0.246 e. The van der Waals surface area contributed by atoms with Crippen LogP contribution in [-0.4, -0.2) is 34.6 Å². The molecule has 1 amide bonds. The van der Waals surface area contributed by atoms with Crippen molar-refractivity contribution in [2.24, 2.45) is 0 Å². The third kappa shape index (κ3) is 3.90. The van der Waals surface area contributed by atoms with E-state index in [1.165, 1.54) is 18.2 Å². The molecule has 1 heterocycles. The van der Waals surface area contributed by atoms with Gasteiger partial charge >= 0.3 is 0 Å². The van der Waals surface area contributed by atoms with Gasteiger partial charge in [-0.25, -0.2) is 4.39 Å². The van der Waals surface area contributed by atoms with Crippen LogP contribution >= 0.6 is 0 Å². The van der Waals surface area contributed by atoms with Gasteiger partial charge in [-0.1, -0.05) is 18.2 Å². The molecule has 1 aliphatic heterocycles. The van der Waals surface area contributed by atoms with Crippen LogP contribution in [0.4, 0.5) is 4.39 Å². The number of aliphatic hydroxyl groups is 1. The average molecular weight is 277 g/mol. The van der Waals surface area contributed by atoms with E-state index in [1.807, 2.05) is 0 Å². The molecule has 1 aliphatic rings. The maximum atomic E-state index is 13.4. The number of likely N-dealkylation sites (tertiary alicyclic amines) is 1. The molecule has 1 unspecified atom stereocenters. The van der Waals surface area contributed by atoms with E-state index in [9.17, 15) is 14.3 Å². The van der Waals surface area contributed by atoms with Gasteiger partial charge in [-0.05, 0) is 38.3 Å². The van der Waals surface area contributed by atoms with Gasteiger partial charge in [0.2, 0.25) is 5.91 Å². The number of benzene rings is 1. The van der Waals surface area contributed by atoms with Crippen molar-refractivity contribution in [3.05, 3.63) is 41.7 Å². The highest BCUT2D eigenvalue weighted by Gasteiger charge is 2.26. The molecule has 0 aliphatic carbocycles. The van der Waals surface area contributed by atoms with Gasteiger partial charge in [-0.15, -0.1) is 0 Å². The molecule has 0 spiro atoms. The van der Waals surface area contributed by atoms with Crippen LogP contribution in [0, 0.1) is 5.82 Å². The Hall–Kier alpha value is -1.68. The Morgan fingerprint density at radius 1 is 1.35 bits per heavy atom. The summed E-state index contributed by atoms with van der Waals surface area (Å²) in [6.07, 6.45) is 4.96. The van der Waals surface area contributed by atoms with E-state index < -0.39 is 5.60 Å². The van der Waals surface area contributed by atoms with Crippen molar-refractivity contribution in [2.45, 2.75) is 31.8 Å². The lowest BCUT2D eigenvalue weighted by atomic mass is 9.98. The van der Waals surface area contributed by atoms with Crippen molar-refractivity contribution in [3.63, 3.8) is 0 Å². The number of nitrogens with zero attached hydrogens (tertiary/aromatic N) is 1. The lowest BCUT2D eigenvalue weighted by molar-refractivity contribution is -0.126. The summed E-state index contributed by atoms with van der Waals surface area (Å²) in [6, 6.07) is 6.35. The van der Waals surface area contributed by atoms with E-state index in [4.69, 9.17) is 0 Å². The van der Waals surface area contributed by atoms with Gasteiger partial charge in [0.05, 0.1) is 5.60 Å². The molecule has 0 aromatic heterocycles. The molecule has 108 valence electrons. The Kier molecular flexibility index (Phi) is 4.55. The Morgan fingerprint density at radius 2 is 2.10 bits per heavy atom. The molecule has 2 rings (SSSR count). The minimum Gasteiger partial charge on any atom is -0.390 e. The number of hydrogen-bond acceptors (Lipinski definition) is 2. The van der Waals surface area contributed by atoms with Crippen molar-refractivity contribution in [3.8, 4) is 0 Å². The number of amides is 1. The standard InChI is InChI=1S/C16H20FNO2/c1-16(20)9-4-11-18(12-10-16)15(19)8-7-13-5-2-3-6-14(13)17/h2-3,5-8,20H,4,9-12H2,1H3/b8-7+. The third-order valence-corrected chi connectivity index (χ3v) is 3.69. The summed E-state index contributed by atoms with van der Waals surface area (Å²) in [4.78, 5) is 13.8. The van der Waals surface area contributed by atoms with Crippen molar-refractivity contribution in [2.75, 3.05) is 13.1 Å². The summed E-state index contributed by atoms with van der Waals surface area (Å²) >= 11 is 0. The zero-order valence-electron chi connectivity index (χ0n) is 11.7. The van der Waals surface area contributed by atoms with Crippen molar-refractivity contribution in [1.82, 2.24) is 4.90 Å². The summed E-state index contributed by atoms with van der Waals surface area (Å²) in [5, 5.41) is 9.99. The molecule has 1 aromatic carbocycles. The first-order valence-corrected chi connectivity index (χ1v) is 6.92. The second-order valence-electron chi connectivity index (χ2n) is 5.53. The van der Waals surface area contributed by atoms with Gasteiger partial charge in [0.15, 0.2) is 0 Å². The van der Waals surface area contributed by atoms with Crippen LogP contribution < -0.4 is 0 Å². The first-order valence-electron chi connectivity index (χ1n) is 6.92. The lowest BCUT2D eigenvalue weighted by Crippen LogP contribution is -2.32. The second-order valence-corrected chi connectivity index (χ2v) is 5.53. The van der Waals surface area contributed by atoms with Gasteiger partial charge < -0.3 is 10.0 Å². The maximum absolute atomic E-state index is 13.4. The maximum Gasteiger partial charge on any atom is 0.246 e. The topological polar surface area (TPSA) is 40.5 Å². The van der Waals surface area contributed by atoms with E-state index in [2.05, 4.69) is 0 Å². The predicted octanol–water partition coefficient (Wildman–Crippen LogP) is 2.60. The number of hydrogen-bond donors (Lipinski definition) is 1. The second kappa shape index (κ2) is 6.18. The predicted molar refractivity (Wildman–Crippen MR) is 76.5 cm³/mol. The molecule has 1 atom stereocenters. The highest BCUT2D eigenvalue weighted by molar-refractivity contribution is 5.91. The van der Waals surface area contributed by atoms with Crippen molar-refractivity contribution in [1.29, 1.82) is 0 Å². The molecule has 0 radical (unpaired) electrons. The van der Waals surface area contributed by atoms with Crippen molar-refractivity contribution < 1.29 is 14.3 Å². The minimum atomic E-state index is -0.690. The fourth-order valence-electron chi connectivity index (χ4n) is 2.36. The Balaban J connectivity index is 2.00. The van der Waals surface area contributed by atoms with Gasteiger partial charge in [-0.3, -0.25) is 4.79 Å². The number of carbonyl (C=O) groups excluding carboxylic acids is 1. The third-order valence-electron chi connectivity index (χ3n) is 3.69. The fourth-order valence-corrected chi connectivity index (χ4v) is 2.36. The zero-order valence-corrected chi connectivity index (χ0v) is 11.7. The van der Waals surface area contributed by atoms with Crippen LogP contribution in [0.3, 0.4) is 0 Å². The molecule has 0 bridgehead atoms. The molecule has 1 fully saturated rings. The lowest BCUT2D eigenvalue weighted by Gasteiger charge is -2.21. The normalized spacial score (nSPS) is 23.9. The summed E-state index contributed by atoms with van der Waals surface area (Å²) in [6.45, 7) is 2.97. The van der Waals surface area contributed by atoms with Crippen LogP contribution in [0.1, 0.15) is 31.7 Å². The van der Waals surface area contributed by atoms with Crippen molar-refractivity contribution >= 4 is 12.0 Å². The fraction of sp³-hybridized carbons (Fsp3) is 0.438. The Morgan fingerprint density at radius 3 is 2.85 bits per heavy atom. The van der Waals surface area contributed by atoms with E-state index in [-0.39, 0.29) is 11.7 Å². The quantitative estimate of drug-likeness (QED) is 0.844. The van der Waals surface area contributed by atoms with E-state index in [1.54, 1.807) is 30.0 Å². The monoisotopic (exact) mass is 277 g/mol. The average Bonchev–Trinajstić information content (AvgIpc) is 2.58. The summed E-state index contributed by atoms with van der Waals surface area (Å²) in [5.74, 6) is -0.471. The zero-order chi connectivity index (χ0) is 14.6. The first kappa shape index (κ1) is 14.7. The van der Waals surface area contributed by atoms with Crippen LogP contribution in [0.5, 0.6) is 0 Å². The molecule has 1 saturated heterocycles. The van der Waals surface area contributed by atoms with E-state index >= 15 is 0 Å². The largest absolute Gasteiger partial charge is 0.390 e. The minimum absolute atomic E-state index is 0.133. The summed E-state index contributed by atoms with van der Waals surface area (Å²) < 4.78 is 13.4. The van der Waals surface area contributed by atoms with Crippen LogP contribution in [0.2, 0.25) is 0 Å². The molecule has 4 heteroatoms. The Bertz CT molecular complexity index is 511. The first-order chi connectivity index (χ1) is 9.48. The SMILES string of the molecule is CC1(O)CCCN(C(=O)/C=C/c2ccccc2F)CC1. The van der Waals surface area contributed by atoms with Crippen LogP contribution in [0.15, 0.2) is 30.3 Å². The Labute approximate surface area is 118 Å². The van der Waals surface area contributed by atoms with Gasteiger partial charge in [-0.2, -0.15) is 0 Å². The van der Waals surface area contributed by atoms with Crippen LogP contribution in [0.25, 0.3) is 6.08 Å². The molecule has 3 nitrogen and oxygen atoms in total. The molecule has 1 N–H and O–H groups in total. The molecular weight excluding hydrogens is 257 g/mol. The number of halogens is 1. The number of rotatable bonds is 2. The highest BCUT2D eigenvalue weighted by atomic mass is 19.1. The van der Waals surface area contributed by atoms with Gasteiger partial charge in [0.1, 0.15) is 5.82 Å².